The van der Waals surface area contributed by atoms with Gasteiger partial charge in [-0.3, -0.25) is 9.48 Å². The molecule has 1 atom stereocenters. The van der Waals surface area contributed by atoms with Crippen LogP contribution in [0.3, 0.4) is 0 Å². The quantitative estimate of drug-likeness (QED) is 0.845. The van der Waals surface area contributed by atoms with Crippen LogP contribution in [0.25, 0.3) is 0 Å². The number of carbonyl (C=O) groups excluding carboxylic acids is 1. The molecule has 0 aromatic carbocycles. The summed E-state index contributed by atoms with van der Waals surface area (Å²) < 4.78 is 31.1. The molecule has 2 aromatic rings. The van der Waals surface area contributed by atoms with E-state index in [9.17, 15) is 13.2 Å². The first-order valence-corrected chi connectivity index (χ1v) is 9.31. The van der Waals surface area contributed by atoms with Gasteiger partial charge < -0.3 is 9.32 Å². The SMILES string of the molecule is CCn1cc(C2CS(=O)(=O)CCN2C(=O)c2occc2C)cn1. The van der Waals surface area contributed by atoms with Crippen LogP contribution in [0.2, 0.25) is 0 Å². The topological polar surface area (TPSA) is 85.4 Å². The summed E-state index contributed by atoms with van der Waals surface area (Å²) in [5, 5.41) is 4.19. The predicted molar refractivity (Wildman–Crippen MR) is 83.8 cm³/mol. The molecule has 0 bridgehead atoms. The van der Waals surface area contributed by atoms with Gasteiger partial charge in [0.25, 0.3) is 5.91 Å². The highest BCUT2D eigenvalue weighted by atomic mass is 32.2. The smallest absolute Gasteiger partial charge is 0.290 e. The van der Waals surface area contributed by atoms with Crippen LogP contribution in [0.5, 0.6) is 0 Å². The Bertz CT molecular complexity index is 821. The molecule has 23 heavy (non-hydrogen) atoms. The highest BCUT2D eigenvalue weighted by Crippen LogP contribution is 2.29. The second kappa shape index (κ2) is 5.84. The molecular weight excluding hydrogens is 318 g/mol. The molecule has 2 aromatic heterocycles. The Morgan fingerprint density at radius 3 is 2.87 bits per heavy atom. The third-order valence-electron chi connectivity index (χ3n) is 4.11. The molecule has 0 spiro atoms. The van der Waals surface area contributed by atoms with Crippen molar-refractivity contribution in [2.45, 2.75) is 26.4 Å². The van der Waals surface area contributed by atoms with Gasteiger partial charge in [0.2, 0.25) is 0 Å². The largest absolute Gasteiger partial charge is 0.459 e. The molecule has 0 radical (unpaired) electrons. The minimum atomic E-state index is -3.18. The normalized spacial score (nSPS) is 20.6. The molecule has 0 saturated carbocycles. The summed E-state index contributed by atoms with van der Waals surface area (Å²) >= 11 is 0. The second-order valence-corrected chi connectivity index (χ2v) is 7.92. The zero-order chi connectivity index (χ0) is 16.6. The number of aryl methyl sites for hydroxylation is 2. The van der Waals surface area contributed by atoms with Gasteiger partial charge in [0, 0.05) is 30.4 Å². The zero-order valence-corrected chi connectivity index (χ0v) is 13.9. The molecule has 124 valence electrons. The Morgan fingerprint density at radius 2 is 2.26 bits per heavy atom. The van der Waals surface area contributed by atoms with Crippen LogP contribution >= 0.6 is 0 Å². The van der Waals surface area contributed by atoms with Crippen molar-refractivity contribution in [3.63, 3.8) is 0 Å². The fourth-order valence-corrected chi connectivity index (χ4v) is 4.27. The lowest BCUT2D eigenvalue weighted by Gasteiger charge is -2.34. The molecular formula is C15H19N3O4S. The third-order valence-corrected chi connectivity index (χ3v) is 5.74. The maximum Gasteiger partial charge on any atom is 0.290 e. The van der Waals surface area contributed by atoms with Gasteiger partial charge in [-0.2, -0.15) is 5.10 Å². The van der Waals surface area contributed by atoms with Crippen molar-refractivity contribution >= 4 is 15.7 Å². The lowest BCUT2D eigenvalue weighted by molar-refractivity contribution is 0.0663. The van der Waals surface area contributed by atoms with Crippen molar-refractivity contribution < 1.29 is 17.6 Å². The second-order valence-electron chi connectivity index (χ2n) is 5.69. The first-order valence-electron chi connectivity index (χ1n) is 7.49. The van der Waals surface area contributed by atoms with E-state index in [0.29, 0.717) is 6.54 Å². The molecule has 0 N–H and O–H groups in total. The summed E-state index contributed by atoms with van der Waals surface area (Å²) in [4.78, 5) is 14.3. The number of furan rings is 1. The number of carbonyl (C=O) groups is 1. The van der Waals surface area contributed by atoms with E-state index in [1.165, 1.54) is 6.26 Å². The highest BCUT2D eigenvalue weighted by Gasteiger charge is 2.37. The summed E-state index contributed by atoms with van der Waals surface area (Å²) in [6, 6.07) is 1.18. The van der Waals surface area contributed by atoms with Gasteiger partial charge in [-0.25, -0.2) is 8.42 Å². The molecule has 1 unspecified atom stereocenters. The van der Waals surface area contributed by atoms with Crippen molar-refractivity contribution in [2.24, 2.45) is 0 Å². The summed E-state index contributed by atoms with van der Waals surface area (Å²) in [6.07, 6.45) is 4.89. The fourth-order valence-electron chi connectivity index (χ4n) is 2.77. The van der Waals surface area contributed by atoms with Crippen LogP contribution in [0, 0.1) is 6.92 Å². The average Bonchev–Trinajstić information content (AvgIpc) is 3.14. The Hall–Kier alpha value is -2.09. The molecule has 1 saturated heterocycles. The van der Waals surface area contributed by atoms with Gasteiger partial charge in [-0.15, -0.1) is 0 Å². The molecule has 1 aliphatic heterocycles. The Labute approximate surface area is 134 Å². The predicted octanol–water partition coefficient (Wildman–Crippen LogP) is 1.42. The van der Waals surface area contributed by atoms with Crippen LogP contribution in [0.15, 0.2) is 29.1 Å². The number of nitrogens with zero attached hydrogens (tertiary/aromatic N) is 3. The molecule has 0 aliphatic carbocycles. The zero-order valence-electron chi connectivity index (χ0n) is 13.1. The standard InChI is InChI=1S/C15H19N3O4S/c1-3-17-9-12(8-16-17)13-10-23(20,21)7-5-18(13)15(19)14-11(2)4-6-22-14/h4,6,8-9,13H,3,5,7,10H2,1-2H3. The van der Waals surface area contributed by atoms with Crippen molar-refractivity contribution in [1.29, 1.82) is 0 Å². The van der Waals surface area contributed by atoms with E-state index in [1.807, 2.05) is 6.92 Å². The Morgan fingerprint density at radius 1 is 1.48 bits per heavy atom. The van der Waals surface area contributed by atoms with Crippen molar-refractivity contribution in [3.05, 3.63) is 41.6 Å². The van der Waals surface area contributed by atoms with E-state index < -0.39 is 15.9 Å². The molecule has 7 nitrogen and oxygen atoms in total. The number of aromatic nitrogens is 2. The van der Waals surface area contributed by atoms with Gasteiger partial charge in [0.05, 0.1) is 30.0 Å². The van der Waals surface area contributed by atoms with Crippen LogP contribution in [0.4, 0.5) is 0 Å². The van der Waals surface area contributed by atoms with Gasteiger partial charge >= 0.3 is 0 Å². The number of hydrogen-bond acceptors (Lipinski definition) is 5. The summed E-state index contributed by atoms with van der Waals surface area (Å²) in [7, 11) is -3.18. The fraction of sp³-hybridized carbons (Fsp3) is 0.467. The number of amides is 1. The Balaban J connectivity index is 1.96. The monoisotopic (exact) mass is 337 g/mol. The van der Waals surface area contributed by atoms with E-state index >= 15 is 0 Å². The molecule has 3 heterocycles. The highest BCUT2D eigenvalue weighted by molar-refractivity contribution is 7.91. The minimum absolute atomic E-state index is 0.0308. The molecule has 1 fully saturated rings. The lowest BCUT2D eigenvalue weighted by atomic mass is 10.1. The van der Waals surface area contributed by atoms with E-state index in [1.54, 1.807) is 35.0 Å². The van der Waals surface area contributed by atoms with Gasteiger partial charge in [0.15, 0.2) is 15.6 Å². The third kappa shape index (κ3) is 3.03. The molecule has 1 aliphatic rings. The first-order chi connectivity index (χ1) is 10.9. The summed E-state index contributed by atoms with van der Waals surface area (Å²) in [5.74, 6) is -0.140. The van der Waals surface area contributed by atoms with E-state index in [0.717, 1.165) is 11.1 Å². The summed E-state index contributed by atoms with van der Waals surface area (Å²) in [6.45, 7) is 4.58. The van der Waals surface area contributed by atoms with Crippen LogP contribution in [-0.4, -0.2) is 47.1 Å². The maximum absolute atomic E-state index is 12.8. The van der Waals surface area contributed by atoms with E-state index in [2.05, 4.69) is 5.10 Å². The molecule has 1 amide bonds. The van der Waals surface area contributed by atoms with E-state index in [4.69, 9.17) is 4.42 Å². The van der Waals surface area contributed by atoms with Gasteiger partial charge in [-0.05, 0) is 19.9 Å². The van der Waals surface area contributed by atoms with Crippen LogP contribution in [0.1, 0.15) is 34.6 Å². The van der Waals surface area contributed by atoms with Crippen LogP contribution in [-0.2, 0) is 16.4 Å². The summed E-state index contributed by atoms with van der Waals surface area (Å²) in [5.41, 5.74) is 1.47. The maximum atomic E-state index is 12.8. The minimum Gasteiger partial charge on any atom is -0.459 e. The van der Waals surface area contributed by atoms with E-state index in [-0.39, 0.29) is 29.7 Å². The van der Waals surface area contributed by atoms with Gasteiger partial charge in [0.1, 0.15) is 0 Å². The number of sulfone groups is 1. The van der Waals surface area contributed by atoms with Crippen molar-refractivity contribution in [3.8, 4) is 0 Å². The van der Waals surface area contributed by atoms with Crippen molar-refractivity contribution in [2.75, 3.05) is 18.1 Å². The molecule has 8 heteroatoms. The van der Waals surface area contributed by atoms with Gasteiger partial charge in [-0.1, -0.05) is 0 Å². The Kier molecular flexibility index (Phi) is 4.01. The average molecular weight is 337 g/mol. The number of rotatable bonds is 3. The number of hydrogen-bond donors (Lipinski definition) is 0. The van der Waals surface area contributed by atoms with Crippen molar-refractivity contribution in [1.82, 2.24) is 14.7 Å². The van der Waals surface area contributed by atoms with Crippen LogP contribution < -0.4 is 0 Å². The lowest BCUT2D eigenvalue weighted by Crippen LogP contribution is -2.46. The first kappa shape index (κ1) is 15.8. The molecule has 3 rings (SSSR count).